The van der Waals surface area contributed by atoms with Crippen molar-refractivity contribution in [3.8, 4) is 0 Å². The smallest absolute Gasteiger partial charge is 0.252 e. The predicted octanol–water partition coefficient (Wildman–Crippen LogP) is 3.52. The Kier molecular flexibility index (Phi) is 6.11. The number of hydrogen-bond donors (Lipinski definition) is 2. The van der Waals surface area contributed by atoms with Crippen LogP contribution in [-0.2, 0) is 0 Å². The molecule has 0 saturated heterocycles. The summed E-state index contributed by atoms with van der Waals surface area (Å²) in [5, 5.41) is 12.8. The summed E-state index contributed by atoms with van der Waals surface area (Å²) < 4.78 is 0. The van der Waals surface area contributed by atoms with E-state index in [1.165, 1.54) is 0 Å². The fourth-order valence-corrected chi connectivity index (χ4v) is 2.11. The van der Waals surface area contributed by atoms with Gasteiger partial charge in [0.1, 0.15) is 0 Å². The van der Waals surface area contributed by atoms with Crippen molar-refractivity contribution in [2.24, 2.45) is 5.41 Å². The van der Waals surface area contributed by atoms with Gasteiger partial charge in [-0.2, -0.15) is 0 Å². The Labute approximate surface area is 123 Å². The number of aliphatic hydroxyl groups is 1. The zero-order valence-electron chi connectivity index (χ0n) is 11.2. The molecule has 0 unspecified atom stereocenters. The minimum atomic E-state index is -0.205. The number of aliphatic hydroxyl groups excluding tert-OH is 1. The van der Waals surface area contributed by atoms with E-state index < -0.39 is 0 Å². The van der Waals surface area contributed by atoms with Crippen molar-refractivity contribution in [3.05, 3.63) is 33.8 Å². The normalized spacial score (nSPS) is 11.4. The highest BCUT2D eigenvalue weighted by atomic mass is 35.5. The molecule has 106 valence electrons. The summed E-state index contributed by atoms with van der Waals surface area (Å²) in [4.78, 5) is 11.9. The van der Waals surface area contributed by atoms with Gasteiger partial charge in [-0.05, 0) is 36.5 Å². The van der Waals surface area contributed by atoms with Gasteiger partial charge in [0.15, 0.2) is 0 Å². The second-order valence-electron chi connectivity index (χ2n) is 5.31. The molecule has 1 aromatic carbocycles. The Morgan fingerprint density at radius 3 is 2.63 bits per heavy atom. The largest absolute Gasteiger partial charge is 0.396 e. The molecule has 1 amide bonds. The second-order valence-corrected chi connectivity index (χ2v) is 6.15. The molecule has 1 rings (SSSR count). The van der Waals surface area contributed by atoms with Gasteiger partial charge in [-0.1, -0.05) is 37.0 Å². The number of rotatable bonds is 6. The standard InChI is InChI=1S/C14H19Cl2NO2/c1-14(2,9-18)6-3-7-17-13(19)11-5-4-10(15)8-12(11)16/h4-5,8,18H,3,6-7,9H2,1-2H3,(H,17,19). The summed E-state index contributed by atoms with van der Waals surface area (Å²) in [6.45, 7) is 4.68. The molecule has 0 heterocycles. The Morgan fingerprint density at radius 1 is 1.37 bits per heavy atom. The zero-order valence-corrected chi connectivity index (χ0v) is 12.7. The molecule has 0 aromatic heterocycles. The van der Waals surface area contributed by atoms with Crippen LogP contribution in [0, 0.1) is 5.41 Å². The van der Waals surface area contributed by atoms with Crippen LogP contribution in [0.25, 0.3) is 0 Å². The van der Waals surface area contributed by atoms with E-state index in [4.69, 9.17) is 28.3 Å². The number of hydrogen-bond acceptors (Lipinski definition) is 2. The van der Waals surface area contributed by atoms with Gasteiger partial charge in [0.25, 0.3) is 5.91 Å². The first-order valence-electron chi connectivity index (χ1n) is 6.20. The third-order valence-corrected chi connectivity index (χ3v) is 3.47. The molecule has 0 aliphatic carbocycles. The molecule has 1 aromatic rings. The summed E-state index contributed by atoms with van der Waals surface area (Å²) in [7, 11) is 0. The second kappa shape index (κ2) is 7.13. The van der Waals surface area contributed by atoms with Crippen molar-refractivity contribution < 1.29 is 9.90 Å². The maximum absolute atomic E-state index is 11.9. The fourth-order valence-electron chi connectivity index (χ4n) is 1.62. The summed E-state index contributed by atoms with van der Waals surface area (Å²) >= 11 is 11.7. The lowest BCUT2D eigenvalue weighted by Gasteiger charge is -2.21. The number of halogens is 2. The Hall–Kier alpha value is -0.770. The zero-order chi connectivity index (χ0) is 14.5. The number of benzene rings is 1. The molecular formula is C14H19Cl2NO2. The highest BCUT2D eigenvalue weighted by Crippen LogP contribution is 2.22. The van der Waals surface area contributed by atoms with E-state index >= 15 is 0 Å². The predicted molar refractivity (Wildman–Crippen MR) is 78.9 cm³/mol. The molecule has 0 spiro atoms. The van der Waals surface area contributed by atoms with Gasteiger partial charge in [0.2, 0.25) is 0 Å². The van der Waals surface area contributed by atoms with Crippen molar-refractivity contribution in [1.82, 2.24) is 5.32 Å². The fraction of sp³-hybridized carbons (Fsp3) is 0.500. The molecule has 3 nitrogen and oxygen atoms in total. The van der Waals surface area contributed by atoms with E-state index in [0.29, 0.717) is 22.2 Å². The molecule has 0 aliphatic rings. The van der Waals surface area contributed by atoms with E-state index in [1.807, 2.05) is 13.8 Å². The average Bonchev–Trinajstić information content (AvgIpc) is 2.34. The number of carbonyl (C=O) groups excluding carboxylic acids is 1. The monoisotopic (exact) mass is 303 g/mol. The maximum atomic E-state index is 11.9. The summed E-state index contributed by atoms with van der Waals surface area (Å²) in [5.74, 6) is -0.205. The molecule has 5 heteroatoms. The maximum Gasteiger partial charge on any atom is 0.252 e. The minimum absolute atomic E-state index is 0.108. The number of nitrogens with one attached hydrogen (secondary N) is 1. The van der Waals surface area contributed by atoms with Crippen molar-refractivity contribution >= 4 is 29.1 Å². The van der Waals surface area contributed by atoms with Crippen LogP contribution in [0.5, 0.6) is 0 Å². The first-order valence-corrected chi connectivity index (χ1v) is 6.95. The van der Waals surface area contributed by atoms with E-state index in [0.717, 1.165) is 12.8 Å². The highest BCUT2D eigenvalue weighted by molar-refractivity contribution is 6.36. The minimum Gasteiger partial charge on any atom is -0.396 e. The van der Waals surface area contributed by atoms with Gasteiger partial charge in [-0.25, -0.2) is 0 Å². The molecule has 0 bridgehead atoms. The van der Waals surface area contributed by atoms with Gasteiger partial charge >= 0.3 is 0 Å². The van der Waals surface area contributed by atoms with Gasteiger partial charge in [-0.3, -0.25) is 4.79 Å². The van der Waals surface area contributed by atoms with E-state index in [1.54, 1.807) is 18.2 Å². The molecule has 2 N–H and O–H groups in total. The lowest BCUT2D eigenvalue weighted by molar-refractivity contribution is 0.0948. The van der Waals surface area contributed by atoms with Crippen molar-refractivity contribution in [2.75, 3.05) is 13.2 Å². The summed E-state index contributed by atoms with van der Waals surface area (Å²) in [6, 6.07) is 4.79. The van der Waals surface area contributed by atoms with Crippen LogP contribution in [0.1, 0.15) is 37.0 Å². The van der Waals surface area contributed by atoms with Crippen LogP contribution in [0.15, 0.2) is 18.2 Å². The highest BCUT2D eigenvalue weighted by Gasteiger charge is 2.16. The number of amides is 1. The first-order chi connectivity index (χ1) is 8.85. The molecule has 0 radical (unpaired) electrons. The lowest BCUT2D eigenvalue weighted by Crippen LogP contribution is -2.26. The summed E-state index contributed by atoms with van der Waals surface area (Å²) in [5.41, 5.74) is 0.315. The topological polar surface area (TPSA) is 49.3 Å². The van der Waals surface area contributed by atoms with E-state index in [-0.39, 0.29) is 17.9 Å². The molecule has 19 heavy (non-hydrogen) atoms. The third kappa shape index (κ3) is 5.39. The molecule has 0 saturated carbocycles. The molecular weight excluding hydrogens is 285 g/mol. The Bertz CT molecular complexity index is 447. The molecule has 0 fully saturated rings. The first kappa shape index (κ1) is 16.3. The van der Waals surface area contributed by atoms with Crippen molar-refractivity contribution in [1.29, 1.82) is 0 Å². The van der Waals surface area contributed by atoms with Gasteiger partial charge < -0.3 is 10.4 Å². The molecule has 0 aliphatic heterocycles. The van der Waals surface area contributed by atoms with Gasteiger partial charge in [0, 0.05) is 18.2 Å². The van der Waals surface area contributed by atoms with Crippen LogP contribution in [0.2, 0.25) is 10.0 Å². The third-order valence-electron chi connectivity index (χ3n) is 2.92. The van der Waals surface area contributed by atoms with Gasteiger partial charge in [-0.15, -0.1) is 0 Å². The average molecular weight is 304 g/mol. The van der Waals surface area contributed by atoms with Crippen LogP contribution in [0.4, 0.5) is 0 Å². The summed E-state index contributed by atoms with van der Waals surface area (Å²) in [6.07, 6.45) is 1.66. The quantitative estimate of drug-likeness (QED) is 0.790. The van der Waals surface area contributed by atoms with Crippen LogP contribution in [0.3, 0.4) is 0 Å². The Balaban J connectivity index is 2.44. The molecule has 0 atom stereocenters. The van der Waals surface area contributed by atoms with Crippen LogP contribution < -0.4 is 5.32 Å². The van der Waals surface area contributed by atoms with Crippen molar-refractivity contribution in [2.45, 2.75) is 26.7 Å². The van der Waals surface area contributed by atoms with E-state index in [2.05, 4.69) is 5.32 Å². The lowest BCUT2D eigenvalue weighted by atomic mass is 9.89. The Morgan fingerprint density at radius 2 is 2.05 bits per heavy atom. The number of carbonyl (C=O) groups is 1. The van der Waals surface area contributed by atoms with E-state index in [9.17, 15) is 4.79 Å². The van der Waals surface area contributed by atoms with Gasteiger partial charge in [0.05, 0.1) is 10.6 Å². The van der Waals surface area contributed by atoms with Crippen LogP contribution >= 0.6 is 23.2 Å². The SMILES string of the molecule is CC(C)(CO)CCCNC(=O)c1ccc(Cl)cc1Cl. The van der Waals surface area contributed by atoms with Crippen LogP contribution in [-0.4, -0.2) is 24.2 Å². The van der Waals surface area contributed by atoms with Crippen molar-refractivity contribution in [3.63, 3.8) is 0 Å².